The number of carboxylic acid groups (broad SMARTS) is 1. The second-order valence-electron chi connectivity index (χ2n) is 6.38. The molecule has 1 fully saturated rings. The molecule has 1 aliphatic rings. The van der Waals surface area contributed by atoms with E-state index < -0.39 is 5.97 Å². The smallest absolute Gasteiger partial charge is 0.328 e. The van der Waals surface area contributed by atoms with Crippen molar-refractivity contribution in [1.29, 1.82) is 0 Å². The number of aliphatic hydroxyl groups is 1. The summed E-state index contributed by atoms with van der Waals surface area (Å²) in [6.07, 6.45) is 20.1. The number of hydrogen-bond acceptors (Lipinski definition) is 3. The lowest BCUT2D eigenvalue weighted by Crippen LogP contribution is -2.08. The second-order valence-corrected chi connectivity index (χ2v) is 6.38. The Labute approximate surface area is 145 Å². The summed E-state index contributed by atoms with van der Waals surface area (Å²) >= 11 is 0. The van der Waals surface area contributed by atoms with Gasteiger partial charge in [-0.15, -0.1) is 0 Å². The van der Waals surface area contributed by atoms with Crippen LogP contribution in [0.2, 0.25) is 0 Å². The molecule has 0 aromatic heterocycles. The van der Waals surface area contributed by atoms with E-state index in [0.717, 1.165) is 38.2 Å². The van der Waals surface area contributed by atoms with E-state index >= 15 is 0 Å². The predicted molar refractivity (Wildman–Crippen MR) is 97.0 cm³/mol. The van der Waals surface area contributed by atoms with E-state index in [2.05, 4.69) is 6.92 Å². The van der Waals surface area contributed by atoms with Crippen molar-refractivity contribution in [3.63, 3.8) is 0 Å². The van der Waals surface area contributed by atoms with Crippen molar-refractivity contribution in [3.8, 4) is 0 Å². The van der Waals surface area contributed by atoms with Gasteiger partial charge in [-0.1, -0.05) is 56.6 Å². The third kappa shape index (κ3) is 11.2. The number of epoxide rings is 1. The lowest BCUT2D eigenvalue weighted by molar-refractivity contribution is -0.131. The Balaban J connectivity index is 1.95. The van der Waals surface area contributed by atoms with Gasteiger partial charge in [-0.05, 0) is 38.5 Å². The third-order valence-electron chi connectivity index (χ3n) is 4.18. The summed E-state index contributed by atoms with van der Waals surface area (Å²) in [7, 11) is 0. The number of carboxylic acids is 1. The standard InChI is InChI=1S/C20H32O4/c1-2-3-9-13-18-19(24-18)16-15-17(21)12-10-7-5-4-6-8-11-14-20(22)23/h4-6,8,11,14,17-19,21H,2-3,7,9-10,12-13,15-16H2,1H3,(H,22,23)/b5-4+,8-6+,14-11+. The molecule has 0 amide bonds. The highest BCUT2D eigenvalue weighted by atomic mass is 16.6. The summed E-state index contributed by atoms with van der Waals surface area (Å²) in [5.74, 6) is -0.943. The summed E-state index contributed by atoms with van der Waals surface area (Å²) in [6.45, 7) is 2.21. The number of aliphatic carboxylic acids is 1. The van der Waals surface area contributed by atoms with Crippen molar-refractivity contribution in [2.45, 2.75) is 83.0 Å². The highest BCUT2D eigenvalue weighted by molar-refractivity contribution is 5.80. The van der Waals surface area contributed by atoms with Crippen molar-refractivity contribution < 1.29 is 19.7 Å². The first-order valence-electron chi connectivity index (χ1n) is 9.19. The summed E-state index contributed by atoms with van der Waals surface area (Å²) in [5, 5.41) is 18.4. The maximum atomic E-state index is 10.2. The molecule has 1 heterocycles. The zero-order valence-corrected chi connectivity index (χ0v) is 14.8. The van der Waals surface area contributed by atoms with Crippen LogP contribution in [0.1, 0.15) is 64.7 Å². The molecule has 3 atom stereocenters. The van der Waals surface area contributed by atoms with Crippen LogP contribution >= 0.6 is 0 Å². The van der Waals surface area contributed by atoms with Crippen molar-refractivity contribution in [1.82, 2.24) is 0 Å². The molecular formula is C20H32O4. The molecule has 0 spiro atoms. The van der Waals surface area contributed by atoms with Crippen LogP contribution in [0.5, 0.6) is 0 Å². The third-order valence-corrected chi connectivity index (χ3v) is 4.18. The molecule has 4 heteroatoms. The zero-order valence-electron chi connectivity index (χ0n) is 14.8. The minimum atomic E-state index is -0.943. The molecule has 136 valence electrons. The fraction of sp³-hybridized carbons (Fsp3) is 0.650. The number of carbonyl (C=O) groups is 1. The SMILES string of the molecule is CCCCCC1OC1CCC(O)CCC/C=C/C=C/C=C/C(=O)O. The first-order valence-corrected chi connectivity index (χ1v) is 9.19. The molecule has 0 aliphatic carbocycles. The van der Waals surface area contributed by atoms with Crippen LogP contribution in [0.4, 0.5) is 0 Å². The van der Waals surface area contributed by atoms with Crippen LogP contribution in [0.15, 0.2) is 36.5 Å². The number of rotatable bonds is 14. The summed E-state index contributed by atoms with van der Waals surface area (Å²) in [5.41, 5.74) is 0. The van der Waals surface area contributed by atoms with Crippen molar-refractivity contribution in [2.24, 2.45) is 0 Å². The Hall–Kier alpha value is -1.39. The van der Waals surface area contributed by atoms with E-state index in [1.54, 1.807) is 12.2 Å². The molecule has 0 aromatic carbocycles. The Morgan fingerprint density at radius 2 is 1.79 bits per heavy atom. The minimum Gasteiger partial charge on any atom is -0.478 e. The molecular weight excluding hydrogens is 304 g/mol. The maximum absolute atomic E-state index is 10.2. The Morgan fingerprint density at radius 3 is 2.54 bits per heavy atom. The molecule has 0 radical (unpaired) electrons. The monoisotopic (exact) mass is 336 g/mol. The largest absolute Gasteiger partial charge is 0.478 e. The van der Waals surface area contributed by atoms with Gasteiger partial charge in [-0.25, -0.2) is 4.79 Å². The molecule has 0 bridgehead atoms. The van der Waals surface area contributed by atoms with Crippen LogP contribution in [-0.4, -0.2) is 34.5 Å². The predicted octanol–water partition coefficient (Wildman–Crippen LogP) is 4.40. The highest BCUT2D eigenvalue weighted by Crippen LogP contribution is 2.31. The summed E-state index contributed by atoms with van der Waals surface area (Å²) in [4.78, 5) is 10.2. The van der Waals surface area contributed by atoms with Crippen molar-refractivity contribution in [3.05, 3.63) is 36.5 Å². The van der Waals surface area contributed by atoms with E-state index in [1.165, 1.54) is 31.8 Å². The van der Waals surface area contributed by atoms with Crippen LogP contribution in [0.3, 0.4) is 0 Å². The molecule has 1 saturated heterocycles. The van der Waals surface area contributed by atoms with Crippen LogP contribution in [0, 0.1) is 0 Å². The van der Waals surface area contributed by atoms with E-state index in [9.17, 15) is 9.90 Å². The van der Waals surface area contributed by atoms with Gasteiger partial charge >= 0.3 is 5.97 Å². The summed E-state index contributed by atoms with van der Waals surface area (Å²) < 4.78 is 5.65. The molecule has 0 saturated carbocycles. The van der Waals surface area contributed by atoms with Crippen LogP contribution in [-0.2, 0) is 9.53 Å². The van der Waals surface area contributed by atoms with Gasteiger partial charge in [0.25, 0.3) is 0 Å². The fourth-order valence-corrected chi connectivity index (χ4v) is 2.70. The van der Waals surface area contributed by atoms with Crippen LogP contribution < -0.4 is 0 Å². The molecule has 1 aliphatic heterocycles. The van der Waals surface area contributed by atoms with E-state index in [-0.39, 0.29) is 6.10 Å². The normalized spacial score (nSPS) is 21.9. The second kappa shape index (κ2) is 13.0. The van der Waals surface area contributed by atoms with Crippen molar-refractivity contribution >= 4 is 5.97 Å². The minimum absolute atomic E-state index is 0.229. The molecule has 4 nitrogen and oxygen atoms in total. The van der Waals surface area contributed by atoms with Gasteiger partial charge in [0.1, 0.15) is 0 Å². The summed E-state index contributed by atoms with van der Waals surface area (Å²) in [6, 6.07) is 0. The van der Waals surface area contributed by atoms with E-state index in [4.69, 9.17) is 9.84 Å². The lowest BCUT2D eigenvalue weighted by atomic mass is 10.0. The van der Waals surface area contributed by atoms with Gasteiger partial charge in [-0.3, -0.25) is 0 Å². The van der Waals surface area contributed by atoms with Gasteiger partial charge in [0.2, 0.25) is 0 Å². The van der Waals surface area contributed by atoms with Crippen molar-refractivity contribution in [2.75, 3.05) is 0 Å². The average Bonchev–Trinajstić information content (AvgIpc) is 3.30. The maximum Gasteiger partial charge on any atom is 0.328 e. The zero-order chi connectivity index (χ0) is 17.6. The Kier molecular flexibility index (Phi) is 11.2. The van der Waals surface area contributed by atoms with E-state index in [0.29, 0.717) is 12.2 Å². The number of hydrogen-bond donors (Lipinski definition) is 2. The number of unbranched alkanes of at least 4 members (excludes halogenated alkanes) is 3. The quantitative estimate of drug-likeness (QED) is 0.213. The van der Waals surface area contributed by atoms with Gasteiger partial charge in [0.05, 0.1) is 18.3 Å². The fourth-order valence-electron chi connectivity index (χ4n) is 2.70. The molecule has 1 rings (SSSR count). The number of ether oxygens (including phenoxy) is 1. The Bertz CT molecular complexity index is 425. The number of allylic oxidation sites excluding steroid dienone is 5. The molecule has 3 unspecified atom stereocenters. The number of aliphatic hydroxyl groups excluding tert-OH is 1. The van der Waals surface area contributed by atoms with Gasteiger partial charge in [-0.2, -0.15) is 0 Å². The van der Waals surface area contributed by atoms with E-state index in [1.807, 2.05) is 12.2 Å². The molecule has 0 aromatic rings. The Morgan fingerprint density at radius 1 is 1.04 bits per heavy atom. The molecule has 2 N–H and O–H groups in total. The molecule has 24 heavy (non-hydrogen) atoms. The first kappa shape index (κ1) is 20.7. The van der Waals surface area contributed by atoms with Gasteiger partial charge in [0.15, 0.2) is 0 Å². The average molecular weight is 336 g/mol. The topological polar surface area (TPSA) is 70.1 Å². The van der Waals surface area contributed by atoms with Crippen LogP contribution in [0.25, 0.3) is 0 Å². The first-order chi connectivity index (χ1) is 11.6. The van der Waals surface area contributed by atoms with Gasteiger partial charge < -0.3 is 14.9 Å². The lowest BCUT2D eigenvalue weighted by Gasteiger charge is -2.08. The highest BCUT2D eigenvalue weighted by Gasteiger charge is 2.37. The van der Waals surface area contributed by atoms with Gasteiger partial charge in [0, 0.05) is 6.08 Å².